The molecular weight excluding hydrogens is 274 g/mol. The van der Waals surface area contributed by atoms with Gasteiger partial charge in [0.15, 0.2) is 0 Å². The molecular formula is C19H25NO2. The van der Waals surface area contributed by atoms with E-state index >= 15 is 0 Å². The SMILES string of the molecule is COc1ccc(C)cc1CC(CN)c1cc(C)ccc1OC. The first-order chi connectivity index (χ1) is 10.6. The van der Waals surface area contributed by atoms with Crippen LogP contribution < -0.4 is 15.2 Å². The van der Waals surface area contributed by atoms with Crippen LogP contribution in [0.5, 0.6) is 11.5 Å². The molecule has 2 rings (SSSR count). The summed E-state index contributed by atoms with van der Waals surface area (Å²) in [5, 5.41) is 0. The second-order valence-corrected chi connectivity index (χ2v) is 5.70. The molecule has 0 saturated carbocycles. The third-order valence-corrected chi connectivity index (χ3v) is 4.01. The maximum atomic E-state index is 6.06. The molecule has 22 heavy (non-hydrogen) atoms. The summed E-state index contributed by atoms with van der Waals surface area (Å²) in [4.78, 5) is 0. The fourth-order valence-corrected chi connectivity index (χ4v) is 2.83. The van der Waals surface area contributed by atoms with Gasteiger partial charge in [0.05, 0.1) is 14.2 Å². The zero-order valence-electron chi connectivity index (χ0n) is 13.8. The van der Waals surface area contributed by atoms with Crippen LogP contribution in [0.4, 0.5) is 0 Å². The Morgan fingerprint density at radius 2 is 1.50 bits per heavy atom. The minimum atomic E-state index is 0.200. The summed E-state index contributed by atoms with van der Waals surface area (Å²) in [5.74, 6) is 2.01. The lowest BCUT2D eigenvalue weighted by Gasteiger charge is -2.20. The topological polar surface area (TPSA) is 44.5 Å². The van der Waals surface area contributed by atoms with Crippen LogP contribution in [0.2, 0.25) is 0 Å². The Balaban J connectivity index is 2.38. The average molecular weight is 299 g/mol. The van der Waals surface area contributed by atoms with Gasteiger partial charge < -0.3 is 15.2 Å². The number of nitrogens with two attached hydrogens (primary N) is 1. The van der Waals surface area contributed by atoms with E-state index in [9.17, 15) is 0 Å². The van der Waals surface area contributed by atoms with Crippen molar-refractivity contribution in [3.05, 3.63) is 58.7 Å². The Kier molecular flexibility index (Phi) is 5.45. The van der Waals surface area contributed by atoms with Crippen molar-refractivity contribution < 1.29 is 9.47 Å². The molecule has 0 amide bonds. The van der Waals surface area contributed by atoms with Gasteiger partial charge in [0, 0.05) is 5.92 Å². The Morgan fingerprint density at radius 3 is 2.09 bits per heavy atom. The third-order valence-electron chi connectivity index (χ3n) is 4.01. The molecule has 118 valence electrons. The predicted octanol–water partition coefficient (Wildman–Crippen LogP) is 3.61. The molecule has 0 aliphatic carbocycles. The van der Waals surface area contributed by atoms with Crippen LogP contribution in [-0.2, 0) is 6.42 Å². The van der Waals surface area contributed by atoms with Gasteiger partial charge in [-0.25, -0.2) is 0 Å². The van der Waals surface area contributed by atoms with Crippen LogP contribution >= 0.6 is 0 Å². The summed E-state index contributed by atoms with van der Waals surface area (Å²) in [7, 11) is 3.41. The molecule has 3 nitrogen and oxygen atoms in total. The van der Waals surface area contributed by atoms with Gasteiger partial charge in [-0.15, -0.1) is 0 Å². The Hall–Kier alpha value is -2.00. The van der Waals surface area contributed by atoms with Crippen LogP contribution in [0.3, 0.4) is 0 Å². The van der Waals surface area contributed by atoms with E-state index < -0.39 is 0 Å². The van der Waals surface area contributed by atoms with Gasteiger partial charge in [-0.05, 0) is 50.1 Å². The van der Waals surface area contributed by atoms with Crippen LogP contribution in [0.1, 0.15) is 28.2 Å². The average Bonchev–Trinajstić information content (AvgIpc) is 2.52. The number of ether oxygens (including phenoxy) is 2. The number of benzene rings is 2. The second-order valence-electron chi connectivity index (χ2n) is 5.70. The van der Waals surface area contributed by atoms with Crippen molar-refractivity contribution in [3.8, 4) is 11.5 Å². The number of hydrogen-bond donors (Lipinski definition) is 1. The first-order valence-electron chi connectivity index (χ1n) is 7.57. The smallest absolute Gasteiger partial charge is 0.122 e. The quantitative estimate of drug-likeness (QED) is 0.886. The molecule has 2 aromatic rings. The zero-order chi connectivity index (χ0) is 16.1. The number of methoxy groups -OCH3 is 2. The predicted molar refractivity (Wildman–Crippen MR) is 91.0 cm³/mol. The summed E-state index contributed by atoms with van der Waals surface area (Å²) in [6.45, 7) is 4.74. The van der Waals surface area contributed by atoms with Crippen molar-refractivity contribution in [2.24, 2.45) is 5.73 Å². The largest absolute Gasteiger partial charge is 0.496 e. The molecule has 0 aromatic heterocycles. The standard InChI is InChI=1S/C19H25NO2/c1-13-5-7-18(21-3)15(9-13)11-16(12-20)17-10-14(2)6-8-19(17)22-4/h5-10,16H,11-12,20H2,1-4H3. The van der Waals surface area contributed by atoms with E-state index in [0.29, 0.717) is 6.54 Å². The van der Waals surface area contributed by atoms with Gasteiger partial charge in [-0.1, -0.05) is 35.4 Å². The van der Waals surface area contributed by atoms with E-state index in [0.717, 1.165) is 23.5 Å². The Labute approximate surface area is 133 Å². The highest BCUT2D eigenvalue weighted by atomic mass is 16.5. The third kappa shape index (κ3) is 3.60. The summed E-state index contributed by atoms with van der Waals surface area (Å²) < 4.78 is 11.0. The van der Waals surface area contributed by atoms with E-state index in [1.807, 2.05) is 12.1 Å². The van der Waals surface area contributed by atoms with Crippen LogP contribution in [0.15, 0.2) is 36.4 Å². The molecule has 0 fully saturated rings. The number of rotatable bonds is 6. The van der Waals surface area contributed by atoms with Crippen LogP contribution in [0.25, 0.3) is 0 Å². The van der Waals surface area contributed by atoms with Gasteiger partial charge in [0.25, 0.3) is 0 Å². The van der Waals surface area contributed by atoms with Crippen LogP contribution in [0, 0.1) is 13.8 Å². The van der Waals surface area contributed by atoms with Gasteiger partial charge in [-0.2, -0.15) is 0 Å². The fourth-order valence-electron chi connectivity index (χ4n) is 2.83. The van der Waals surface area contributed by atoms with E-state index in [-0.39, 0.29) is 5.92 Å². The summed E-state index contributed by atoms with van der Waals surface area (Å²) in [6, 6.07) is 12.5. The fraction of sp³-hybridized carbons (Fsp3) is 0.368. The van der Waals surface area contributed by atoms with Crippen molar-refractivity contribution in [3.63, 3.8) is 0 Å². The molecule has 1 unspecified atom stereocenters. The zero-order valence-corrected chi connectivity index (χ0v) is 13.8. The minimum Gasteiger partial charge on any atom is -0.496 e. The van der Waals surface area contributed by atoms with Crippen molar-refractivity contribution in [2.45, 2.75) is 26.2 Å². The van der Waals surface area contributed by atoms with E-state index in [1.54, 1.807) is 14.2 Å². The van der Waals surface area contributed by atoms with Crippen molar-refractivity contribution in [1.29, 1.82) is 0 Å². The van der Waals surface area contributed by atoms with Gasteiger partial charge in [0.1, 0.15) is 11.5 Å². The van der Waals surface area contributed by atoms with E-state index in [2.05, 4.69) is 38.1 Å². The lowest BCUT2D eigenvalue weighted by Crippen LogP contribution is -2.16. The minimum absolute atomic E-state index is 0.200. The normalized spacial score (nSPS) is 12.0. The van der Waals surface area contributed by atoms with E-state index in [1.165, 1.54) is 16.7 Å². The molecule has 0 heterocycles. The van der Waals surface area contributed by atoms with Crippen LogP contribution in [-0.4, -0.2) is 20.8 Å². The van der Waals surface area contributed by atoms with Gasteiger partial charge in [0.2, 0.25) is 0 Å². The maximum Gasteiger partial charge on any atom is 0.122 e. The number of hydrogen-bond acceptors (Lipinski definition) is 3. The molecule has 2 N–H and O–H groups in total. The highest BCUT2D eigenvalue weighted by molar-refractivity contribution is 5.43. The molecule has 3 heteroatoms. The molecule has 0 aliphatic heterocycles. The van der Waals surface area contributed by atoms with Crippen molar-refractivity contribution in [1.82, 2.24) is 0 Å². The second kappa shape index (κ2) is 7.32. The molecule has 0 bridgehead atoms. The molecule has 0 spiro atoms. The Morgan fingerprint density at radius 1 is 0.909 bits per heavy atom. The van der Waals surface area contributed by atoms with Crippen molar-refractivity contribution in [2.75, 3.05) is 20.8 Å². The first kappa shape index (κ1) is 16.4. The number of aryl methyl sites for hydroxylation is 2. The lowest BCUT2D eigenvalue weighted by molar-refractivity contribution is 0.400. The van der Waals surface area contributed by atoms with Crippen molar-refractivity contribution >= 4 is 0 Å². The highest BCUT2D eigenvalue weighted by Crippen LogP contribution is 2.32. The Bertz CT molecular complexity index is 637. The lowest BCUT2D eigenvalue weighted by atomic mass is 9.89. The van der Waals surface area contributed by atoms with E-state index in [4.69, 9.17) is 15.2 Å². The maximum absolute atomic E-state index is 6.06. The monoisotopic (exact) mass is 299 g/mol. The molecule has 0 radical (unpaired) electrons. The molecule has 0 saturated heterocycles. The molecule has 1 atom stereocenters. The highest BCUT2D eigenvalue weighted by Gasteiger charge is 2.18. The summed E-state index contributed by atoms with van der Waals surface area (Å²) >= 11 is 0. The van der Waals surface area contributed by atoms with Gasteiger partial charge in [-0.3, -0.25) is 0 Å². The molecule has 0 aliphatic rings. The summed E-state index contributed by atoms with van der Waals surface area (Å²) in [6.07, 6.45) is 0.834. The summed E-state index contributed by atoms with van der Waals surface area (Å²) in [5.41, 5.74) is 10.8. The molecule has 2 aromatic carbocycles. The first-order valence-corrected chi connectivity index (χ1v) is 7.57. The van der Waals surface area contributed by atoms with Gasteiger partial charge >= 0.3 is 0 Å².